The van der Waals surface area contributed by atoms with Gasteiger partial charge in [-0.25, -0.2) is 4.57 Å². The number of phosphoric ester groups is 1. The monoisotopic (exact) mass is 1100 g/mol. The molecule has 0 saturated carbocycles. The number of rotatable bonds is 55. The molecule has 0 radical (unpaired) electrons. The molecule has 0 aliphatic rings. The third-order valence-electron chi connectivity index (χ3n) is 12.7. The van der Waals surface area contributed by atoms with Gasteiger partial charge in [-0.05, 0) is 109 Å². The van der Waals surface area contributed by atoms with Crippen LogP contribution in [0.3, 0.4) is 0 Å². The zero-order chi connectivity index (χ0) is 57.0. The van der Waals surface area contributed by atoms with Gasteiger partial charge in [0.15, 0.2) is 6.10 Å². The van der Waals surface area contributed by atoms with Crippen LogP contribution in [0.1, 0.15) is 232 Å². The van der Waals surface area contributed by atoms with E-state index in [1.807, 2.05) is 21.1 Å². The minimum atomic E-state index is -4.41. The number of unbranched alkanes of at least 4 members (excludes halogenated alkanes) is 19. The van der Waals surface area contributed by atoms with Gasteiger partial charge in [-0.15, -0.1) is 0 Å². The molecule has 0 aliphatic heterocycles. The van der Waals surface area contributed by atoms with Crippen LogP contribution in [0.2, 0.25) is 0 Å². The van der Waals surface area contributed by atoms with E-state index in [2.05, 4.69) is 148 Å². The first-order chi connectivity index (χ1) is 38.0. The summed E-state index contributed by atoms with van der Waals surface area (Å²) in [6, 6.07) is 0. The summed E-state index contributed by atoms with van der Waals surface area (Å²) in [6.45, 7) is 4.15. The fourth-order valence-corrected chi connectivity index (χ4v) is 8.73. The van der Waals surface area contributed by atoms with Gasteiger partial charge in [0, 0.05) is 12.8 Å². The van der Waals surface area contributed by atoms with Gasteiger partial charge in [-0.1, -0.05) is 244 Å². The Kier molecular flexibility index (Phi) is 55.0. The van der Waals surface area contributed by atoms with Gasteiger partial charge in [0.05, 0.1) is 27.7 Å². The number of hydrogen-bond donors (Lipinski definition) is 1. The molecule has 2 unspecified atom stereocenters. The van der Waals surface area contributed by atoms with Crippen LogP contribution in [0.15, 0.2) is 134 Å². The Morgan fingerprint density at radius 3 is 1.05 bits per heavy atom. The molecule has 0 amide bonds. The summed E-state index contributed by atoms with van der Waals surface area (Å²) < 4.78 is 34.5. The average molecular weight is 1110 g/mol. The molecule has 0 rings (SSSR count). The van der Waals surface area contributed by atoms with Crippen molar-refractivity contribution in [2.24, 2.45) is 0 Å². The van der Waals surface area contributed by atoms with Crippen LogP contribution in [0.5, 0.6) is 0 Å². The molecular weight excluding hydrogens is 990 g/mol. The van der Waals surface area contributed by atoms with Crippen LogP contribution in [0.4, 0.5) is 0 Å². The van der Waals surface area contributed by atoms with Crippen LogP contribution < -0.4 is 0 Å². The Balaban J connectivity index is 4.14. The van der Waals surface area contributed by atoms with Crippen LogP contribution in [0.25, 0.3) is 0 Å². The summed E-state index contributed by atoms with van der Waals surface area (Å²) in [5.74, 6) is -0.853. The van der Waals surface area contributed by atoms with Gasteiger partial charge in [-0.2, -0.15) is 0 Å². The van der Waals surface area contributed by atoms with Gasteiger partial charge in [0.1, 0.15) is 19.8 Å². The maximum absolute atomic E-state index is 12.8. The lowest BCUT2D eigenvalue weighted by molar-refractivity contribution is -0.870. The van der Waals surface area contributed by atoms with E-state index in [1.165, 1.54) is 96.3 Å². The lowest BCUT2D eigenvalue weighted by Gasteiger charge is -2.24. The maximum Gasteiger partial charge on any atom is 0.472 e. The van der Waals surface area contributed by atoms with Crippen molar-refractivity contribution >= 4 is 19.8 Å². The summed E-state index contributed by atoms with van der Waals surface area (Å²) in [5, 5.41) is 0. The topological polar surface area (TPSA) is 108 Å². The lowest BCUT2D eigenvalue weighted by Crippen LogP contribution is -2.37. The molecule has 10 heteroatoms. The van der Waals surface area contributed by atoms with Crippen LogP contribution >= 0.6 is 7.82 Å². The average Bonchev–Trinajstić information content (AvgIpc) is 3.41. The first kappa shape index (κ1) is 74.2. The third kappa shape index (κ3) is 61.4. The van der Waals surface area contributed by atoms with Crippen molar-refractivity contribution < 1.29 is 42.1 Å². The minimum Gasteiger partial charge on any atom is -0.462 e. The van der Waals surface area contributed by atoms with E-state index in [9.17, 15) is 19.0 Å². The predicted molar refractivity (Wildman–Crippen MR) is 334 cm³/mol. The summed E-state index contributed by atoms with van der Waals surface area (Å²) in [6.07, 6.45) is 84.0. The number of carbonyl (C=O) groups is 2. The first-order valence-electron chi connectivity index (χ1n) is 30.9. The highest BCUT2D eigenvalue weighted by atomic mass is 31.2. The Hall–Kier alpha value is -3.85. The molecule has 9 nitrogen and oxygen atoms in total. The van der Waals surface area contributed by atoms with E-state index < -0.39 is 26.5 Å². The second kappa shape index (κ2) is 57.8. The van der Waals surface area contributed by atoms with Crippen molar-refractivity contribution in [3.8, 4) is 0 Å². The van der Waals surface area contributed by atoms with Crippen molar-refractivity contribution in [2.45, 2.75) is 238 Å². The SMILES string of the molecule is CC/C=C\C/C=C\C/C=C\C/C=C\C/C=C\C/C=C\CCCCC(=O)OC(COC(=O)CCCCCCCCCCCCCCCCCCC/C=C\C/C=C\C/C=C\C/C=C\C/C=C\CC)COP(=O)(O)OCC[N+](C)(C)C. The maximum atomic E-state index is 12.8. The number of allylic oxidation sites excluding steroid dienone is 22. The van der Waals surface area contributed by atoms with E-state index in [0.29, 0.717) is 17.4 Å². The van der Waals surface area contributed by atoms with Crippen molar-refractivity contribution in [3.05, 3.63) is 134 Å². The van der Waals surface area contributed by atoms with Crippen molar-refractivity contribution in [1.29, 1.82) is 0 Å². The zero-order valence-corrected chi connectivity index (χ0v) is 51.2. The minimum absolute atomic E-state index is 0.0169. The molecule has 0 saturated heterocycles. The molecule has 0 fully saturated rings. The van der Waals surface area contributed by atoms with E-state index in [4.69, 9.17) is 18.5 Å². The number of ether oxygens (including phenoxy) is 2. The summed E-state index contributed by atoms with van der Waals surface area (Å²) in [7, 11) is 1.43. The quantitative estimate of drug-likeness (QED) is 0.0211. The van der Waals surface area contributed by atoms with Gasteiger partial charge < -0.3 is 18.9 Å². The number of quaternary nitrogens is 1. The second-order valence-electron chi connectivity index (χ2n) is 21.3. The molecule has 0 aliphatic carbocycles. The summed E-state index contributed by atoms with van der Waals surface area (Å²) in [4.78, 5) is 35.7. The predicted octanol–water partition coefficient (Wildman–Crippen LogP) is 19.7. The number of esters is 2. The number of likely N-dealkylation sites (N-methyl/N-ethyl adjacent to an activating group) is 1. The van der Waals surface area contributed by atoms with Crippen LogP contribution in [-0.2, 0) is 32.7 Å². The number of hydrogen-bond acceptors (Lipinski definition) is 7. The highest BCUT2D eigenvalue weighted by molar-refractivity contribution is 7.47. The Labute approximate surface area is 479 Å². The van der Waals surface area contributed by atoms with Crippen LogP contribution in [0, 0.1) is 0 Å². The van der Waals surface area contributed by atoms with Gasteiger partial charge in [-0.3, -0.25) is 18.6 Å². The van der Waals surface area contributed by atoms with Crippen molar-refractivity contribution in [1.82, 2.24) is 0 Å². The fourth-order valence-electron chi connectivity index (χ4n) is 7.99. The zero-order valence-electron chi connectivity index (χ0n) is 50.3. The highest BCUT2D eigenvalue weighted by Gasteiger charge is 2.27. The largest absolute Gasteiger partial charge is 0.472 e. The molecule has 78 heavy (non-hydrogen) atoms. The summed E-state index contributed by atoms with van der Waals surface area (Å²) >= 11 is 0. The van der Waals surface area contributed by atoms with E-state index in [1.54, 1.807) is 0 Å². The Morgan fingerprint density at radius 2 is 0.692 bits per heavy atom. The van der Waals surface area contributed by atoms with Gasteiger partial charge >= 0.3 is 19.8 Å². The molecular formula is C68H115NO8P+. The second-order valence-corrected chi connectivity index (χ2v) is 22.8. The highest BCUT2D eigenvalue weighted by Crippen LogP contribution is 2.43. The fraction of sp³-hybridized carbons (Fsp3) is 0.647. The van der Waals surface area contributed by atoms with Crippen LogP contribution in [-0.4, -0.2) is 74.9 Å². The molecule has 444 valence electrons. The van der Waals surface area contributed by atoms with E-state index in [0.717, 1.165) is 103 Å². The van der Waals surface area contributed by atoms with Crippen molar-refractivity contribution in [3.63, 3.8) is 0 Å². The van der Waals surface area contributed by atoms with Gasteiger partial charge in [0.25, 0.3) is 0 Å². The van der Waals surface area contributed by atoms with E-state index in [-0.39, 0.29) is 32.0 Å². The molecule has 0 aromatic rings. The first-order valence-corrected chi connectivity index (χ1v) is 32.4. The smallest absolute Gasteiger partial charge is 0.462 e. The molecule has 0 spiro atoms. The van der Waals surface area contributed by atoms with Gasteiger partial charge in [0.2, 0.25) is 0 Å². The molecule has 2 atom stereocenters. The van der Waals surface area contributed by atoms with E-state index >= 15 is 0 Å². The standard InChI is InChI=1S/C68H114NO8P/c1-6-8-10-12-14-16-18-20-22-24-26-28-29-30-31-32-33-34-35-36-37-38-39-41-42-44-46-48-50-52-54-56-58-60-67(70)74-64-66(65-76-78(72,73)75-63-62-69(3,4)5)77-68(71)61-59-57-55-53-51-49-47-45-43-40-27-25-23-21-19-17-15-13-11-9-7-2/h8-11,14-17,20-23,26-28,30-31,40,45,47,51,53,66H,6-7,12-13,18-19,24-25,29,32-39,41-44,46,48-50,52,54-65H2,1-5H3/p+1/b10-8-,11-9-,16-14-,17-15-,22-20-,23-21-,28-26-,31-30-,40-27-,47-45-,53-51-. The lowest BCUT2D eigenvalue weighted by atomic mass is 10.0. The Morgan fingerprint density at radius 1 is 0.397 bits per heavy atom. The van der Waals surface area contributed by atoms with Crippen molar-refractivity contribution in [2.75, 3.05) is 47.5 Å². The molecule has 0 heterocycles. The number of carbonyl (C=O) groups excluding carboxylic acids is 2. The summed E-state index contributed by atoms with van der Waals surface area (Å²) in [5.41, 5.74) is 0. The molecule has 0 aromatic heterocycles. The number of nitrogens with zero attached hydrogens (tertiary/aromatic N) is 1. The number of phosphoric acid groups is 1. The Bertz CT molecular complexity index is 1780. The molecule has 0 bridgehead atoms. The molecule has 1 N–H and O–H groups in total. The molecule has 0 aromatic carbocycles. The third-order valence-corrected chi connectivity index (χ3v) is 13.7. The normalized spacial score (nSPS) is 14.2.